The number of benzene rings is 1. The van der Waals surface area contributed by atoms with Gasteiger partial charge in [0.15, 0.2) is 11.0 Å². The van der Waals surface area contributed by atoms with E-state index in [2.05, 4.69) is 35.5 Å². The van der Waals surface area contributed by atoms with Gasteiger partial charge in [-0.25, -0.2) is 0 Å². The van der Waals surface area contributed by atoms with E-state index in [1.54, 1.807) is 11.8 Å². The summed E-state index contributed by atoms with van der Waals surface area (Å²) in [6, 6.07) is 7.88. The fraction of sp³-hybridized carbons (Fsp3) is 0.500. The third-order valence-electron chi connectivity index (χ3n) is 3.51. The van der Waals surface area contributed by atoms with Crippen LogP contribution in [0, 0.1) is 0 Å². The summed E-state index contributed by atoms with van der Waals surface area (Å²) in [5.41, 5.74) is 0. The van der Waals surface area contributed by atoms with Crippen molar-refractivity contribution in [2.45, 2.75) is 51.4 Å². The Kier molecular flexibility index (Phi) is 6.58. The number of hydrogen-bond acceptors (Lipinski definition) is 4. The van der Waals surface area contributed by atoms with E-state index in [9.17, 15) is 0 Å². The minimum absolute atomic E-state index is 0.373. The SMILES string of the molecule is CCSc1nnc(COc2ccccc2Cl)n1C(CC)CC. The Balaban J connectivity index is 2.21. The molecule has 4 nitrogen and oxygen atoms in total. The van der Waals surface area contributed by atoms with Crippen molar-refractivity contribution in [3.05, 3.63) is 35.1 Å². The molecule has 2 aromatic rings. The molecule has 1 aromatic carbocycles. The van der Waals surface area contributed by atoms with E-state index in [1.165, 1.54) is 0 Å². The van der Waals surface area contributed by atoms with Crippen LogP contribution in [0.2, 0.25) is 5.02 Å². The van der Waals surface area contributed by atoms with Crippen molar-refractivity contribution < 1.29 is 4.74 Å². The van der Waals surface area contributed by atoms with Crippen LogP contribution >= 0.6 is 23.4 Å². The molecule has 0 aliphatic rings. The molecule has 0 aliphatic carbocycles. The summed E-state index contributed by atoms with van der Waals surface area (Å²) in [7, 11) is 0. The number of rotatable bonds is 8. The summed E-state index contributed by atoms with van der Waals surface area (Å²) >= 11 is 7.84. The predicted octanol–water partition coefficient (Wildman–Crippen LogP) is 4.98. The fourth-order valence-electron chi connectivity index (χ4n) is 2.36. The van der Waals surface area contributed by atoms with Crippen molar-refractivity contribution >= 4 is 23.4 Å². The Morgan fingerprint density at radius 1 is 1.18 bits per heavy atom. The molecule has 1 aromatic heterocycles. The van der Waals surface area contributed by atoms with E-state index in [0.29, 0.717) is 23.4 Å². The number of para-hydroxylation sites is 1. The van der Waals surface area contributed by atoms with Crippen molar-refractivity contribution in [3.63, 3.8) is 0 Å². The van der Waals surface area contributed by atoms with Gasteiger partial charge in [0, 0.05) is 6.04 Å². The van der Waals surface area contributed by atoms with E-state index < -0.39 is 0 Å². The van der Waals surface area contributed by atoms with E-state index in [1.807, 2.05) is 24.3 Å². The summed E-state index contributed by atoms with van der Waals surface area (Å²) in [5.74, 6) is 2.50. The highest BCUT2D eigenvalue weighted by molar-refractivity contribution is 7.99. The second-order valence-corrected chi connectivity index (χ2v) is 6.53. The van der Waals surface area contributed by atoms with Crippen LogP contribution in [-0.2, 0) is 6.61 Å². The zero-order valence-electron chi connectivity index (χ0n) is 13.3. The first kappa shape index (κ1) is 17.2. The van der Waals surface area contributed by atoms with Gasteiger partial charge in [-0.1, -0.05) is 56.3 Å². The minimum atomic E-state index is 0.373. The molecule has 0 saturated heterocycles. The molecule has 2 rings (SSSR count). The lowest BCUT2D eigenvalue weighted by molar-refractivity contribution is 0.278. The summed E-state index contributed by atoms with van der Waals surface area (Å²) in [6.07, 6.45) is 2.09. The molecular weight excluding hydrogens is 318 g/mol. The molecule has 0 saturated carbocycles. The average Bonchev–Trinajstić information content (AvgIpc) is 2.91. The molecule has 0 fully saturated rings. The van der Waals surface area contributed by atoms with E-state index in [-0.39, 0.29) is 0 Å². The van der Waals surface area contributed by atoms with Crippen LogP contribution in [0.15, 0.2) is 29.4 Å². The van der Waals surface area contributed by atoms with Crippen molar-refractivity contribution in [1.29, 1.82) is 0 Å². The second kappa shape index (κ2) is 8.44. The van der Waals surface area contributed by atoms with E-state index in [0.717, 1.165) is 29.6 Å². The van der Waals surface area contributed by atoms with Gasteiger partial charge in [-0.05, 0) is 30.7 Å². The summed E-state index contributed by atoms with van der Waals surface area (Å²) in [5, 5.41) is 10.2. The second-order valence-electron chi connectivity index (χ2n) is 4.89. The highest BCUT2D eigenvalue weighted by Crippen LogP contribution is 2.28. The van der Waals surface area contributed by atoms with Gasteiger partial charge in [-0.2, -0.15) is 0 Å². The first-order chi connectivity index (χ1) is 10.7. The lowest BCUT2D eigenvalue weighted by atomic mass is 10.2. The predicted molar refractivity (Wildman–Crippen MR) is 91.8 cm³/mol. The smallest absolute Gasteiger partial charge is 0.191 e. The molecule has 0 atom stereocenters. The van der Waals surface area contributed by atoms with E-state index in [4.69, 9.17) is 16.3 Å². The van der Waals surface area contributed by atoms with Gasteiger partial charge >= 0.3 is 0 Å². The zero-order chi connectivity index (χ0) is 15.9. The summed E-state index contributed by atoms with van der Waals surface area (Å²) in [6.45, 7) is 6.87. The van der Waals surface area contributed by atoms with Crippen LogP contribution in [0.4, 0.5) is 0 Å². The lowest BCUT2D eigenvalue weighted by Gasteiger charge is -2.19. The molecule has 22 heavy (non-hydrogen) atoms. The molecule has 1 heterocycles. The number of thioether (sulfide) groups is 1. The number of ether oxygens (including phenoxy) is 1. The number of hydrogen-bond donors (Lipinski definition) is 0. The standard InChI is InChI=1S/C16H22ClN3OS/c1-4-12(5-2)20-15(18-19-16(20)22-6-3)11-21-14-10-8-7-9-13(14)17/h7-10,12H,4-6,11H2,1-3H3. The number of aromatic nitrogens is 3. The van der Waals surface area contributed by atoms with Crippen LogP contribution in [0.25, 0.3) is 0 Å². The van der Waals surface area contributed by atoms with Crippen LogP contribution in [0.5, 0.6) is 5.75 Å². The average molecular weight is 340 g/mol. The third-order valence-corrected chi connectivity index (χ3v) is 4.65. The maximum atomic E-state index is 6.13. The van der Waals surface area contributed by atoms with Gasteiger partial charge in [0.25, 0.3) is 0 Å². The number of nitrogens with zero attached hydrogens (tertiary/aromatic N) is 3. The quantitative estimate of drug-likeness (QED) is 0.635. The molecule has 0 amide bonds. The molecule has 0 unspecified atom stereocenters. The number of halogens is 1. The molecule has 0 spiro atoms. The maximum absolute atomic E-state index is 6.13. The first-order valence-electron chi connectivity index (χ1n) is 7.65. The summed E-state index contributed by atoms with van der Waals surface area (Å²) < 4.78 is 8.04. The molecular formula is C16H22ClN3OS. The summed E-state index contributed by atoms with van der Waals surface area (Å²) in [4.78, 5) is 0. The topological polar surface area (TPSA) is 39.9 Å². The molecule has 0 aliphatic heterocycles. The van der Waals surface area contributed by atoms with Crippen molar-refractivity contribution in [1.82, 2.24) is 14.8 Å². The Morgan fingerprint density at radius 2 is 1.91 bits per heavy atom. The third kappa shape index (κ3) is 3.96. The van der Waals surface area contributed by atoms with Crippen molar-refractivity contribution in [2.24, 2.45) is 0 Å². The molecule has 0 N–H and O–H groups in total. The van der Waals surface area contributed by atoms with Gasteiger partial charge in [0.05, 0.1) is 5.02 Å². The normalized spacial score (nSPS) is 11.1. The Morgan fingerprint density at radius 3 is 2.55 bits per heavy atom. The first-order valence-corrected chi connectivity index (χ1v) is 9.01. The Hall–Kier alpha value is -1.20. The fourth-order valence-corrected chi connectivity index (χ4v) is 3.30. The van der Waals surface area contributed by atoms with Crippen molar-refractivity contribution in [2.75, 3.05) is 5.75 Å². The Labute approximate surface area is 141 Å². The van der Waals surface area contributed by atoms with Gasteiger partial charge in [-0.15, -0.1) is 10.2 Å². The van der Waals surface area contributed by atoms with Crippen LogP contribution in [-0.4, -0.2) is 20.5 Å². The Bertz CT molecular complexity index is 599. The zero-order valence-corrected chi connectivity index (χ0v) is 14.8. The van der Waals surface area contributed by atoms with Crippen LogP contribution in [0.3, 0.4) is 0 Å². The highest BCUT2D eigenvalue weighted by Gasteiger charge is 2.19. The molecule has 6 heteroatoms. The van der Waals surface area contributed by atoms with E-state index >= 15 is 0 Å². The molecule has 0 radical (unpaired) electrons. The van der Waals surface area contributed by atoms with Crippen LogP contribution < -0.4 is 4.74 Å². The van der Waals surface area contributed by atoms with Gasteiger partial charge in [-0.3, -0.25) is 0 Å². The lowest BCUT2D eigenvalue weighted by Crippen LogP contribution is -2.14. The molecule has 120 valence electrons. The highest BCUT2D eigenvalue weighted by atomic mass is 35.5. The maximum Gasteiger partial charge on any atom is 0.191 e. The van der Waals surface area contributed by atoms with Gasteiger partial charge in [0.1, 0.15) is 12.4 Å². The van der Waals surface area contributed by atoms with Crippen molar-refractivity contribution in [3.8, 4) is 5.75 Å². The van der Waals surface area contributed by atoms with Crippen LogP contribution in [0.1, 0.15) is 45.5 Å². The largest absolute Gasteiger partial charge is 0.484 e. The monoisotopic (exact) mass is 339 g/mol. The van der Waals surface area contributed by atoms with Gasteiger partial charge < -0.3 is 9.30 Å². The van der Waals surface area contributed by atoms with Gasteiger partial charge in [0.2, 0.25) is 0 Å². The minimum Gasteiger partial charge on any atom is -0.484 e. The molecule has 0 bridgehead atoms.